The molecule has 3 rings (SSSR count). The maximum absolute atomic E-state index is 12.9. The topological polar surface area (TPSA) is 44.4 Å². The van der Waals surface area contributed by atoms with Crippen molar-refractivity contribution in [2.45, 2.75) is 33.2 Å². The van der Waals surface area contributed by atoms with Crippen molar-refractivity contribution < 1.29 is 4.79 Å². The molecule has 2 aromatic carbocycles. The van der Waals surface area contributed by atoms with Crippen LogP contribution in [0, 0.1) is 6.92 Å². The van der Waals surface area contributed by atoms with Crippen LogP contribution in [0.5, 0.6) is 0 Å². The zero-order valence-corrected chi connectivity index (χ0v) is 15.1. The van der Waals surface area contributed by atoms with E-state index in [4.69, 9.17) is 0 Å². The lowest BCUT2D eigenvalue weighted by molar-refractivity contribution is 0.102. The minimum absolute atomic E-state index is 0.0359. The highest BCUT2D eigenvalue weighted by molar-refractivity contribution is 6.08. The van der Waals surface area contributed by atoms with Gasteiger partial charge in [-0.05, 0) is 56.1 Å². The van der Waals surface area contributed by atoms with Gasteiger partial charge in [0.05, 0.1) is 5.56 Å². The number of anilines is 2. The third-order valence-corrected chi connectivity index (χ3v) is 4.61. The molecule has 1 aliphatic rings. The summed E-state index contributed by atoms with van der Waals surface area (Å²) in [7, 11) is 0. The lowest BCUT2D eigenvalue weighted by atomic mass is 10.1. The molecule has 1 heterocycles. The van der Waals surface area contributed by atoms with Crippen LogP contribution in [-0.2, 0) is 6.54 Å². The van der Waals surface area contributed by atoms with E-state index in [0.717, 1.165) is 48.7 Å². The summed E-state index contributed by atoms with van der Waals surface area (Å²) in [6.07, 6.45) is 2.39. The average Bonchev–Trinajstić information content (AvgIpc) is 3.14. The molecule has 0 aromatic heterocycles. The summed E-state index contributed by atoms with van der Waals surface area (Å²) in [5, 5.41) is 6.38. The van der Waals surface area contributed by atoms with Crippen LogP contribution in [0.15, 0.2) is 42.5 Å². The van der Waals surface area contributed by atoms with E-state index in [1.54, 1.807) is 0 Å². The third kappa shape index (κ3) is 4.40. The van der Waals surface area contributed by atoms with Gasteiger partial charge in [0.1, 0.15) is 0 Å². The number of nitrogens with one attached hydrogen (secondary N) is 2. The second kappa shape index (κ2) is 8.17. The maximum Gasteiger partial charge on any atom is 0.257 e. The molecule has 0 saturated carbocycles. The molecule has 0 bridgehead atoms. The first-order valence-corrected chi connectivity index (χ1v) is 9.14. The van der Waals surface area contributed by atoms with Gasteiger partial charge in [0.15, 0.2) is 0 Å². The fourth-order valence-electron chi connectivity index (χ4n) is 3.29. The van der Waals surface area contributed by atoms with E-state index in [0.29, 0.717) is 0 Å². The molecule has 2 N–H and O–H groups in total. The Morgan fingerprint density at radius 2 is 1.92 bits per heavy atom. The number of rotatable bonds is 6. The quantitative estimate of drug-likeness (QED) is 0.839. The van der Waals surface area contributed by atoms with Crippen LogP contribution in [0.2, 0.25) is 0 Å². The van der Waals surface area contributed by atoms with Gasteiger partial charge in [-0.3, -0.25) is 4.79 Å². The molecule has 0 unspecified atom stereocenters. The number of carbonyl (C=O) groups is 1. The molecule has 4 nitrogen and oxygen atoms in total. The lowest BCUT2D eigenvalue weighted by Crippen LogP contribution is -2.23. The standard InChI is InChI=1S/C21H27N3O/c1-3-22-15-17-7-6-8-18(14-17)23-21(25)19-13-16(2)9-10-20(19)24-11-4-5-12-24/h6-10,13-14,22H,3-5,11-12,15H2,1-2H3,(H,23,25). The van der Waals surface area contributed by atoms with Gasteiger partial charge >= 0.3 is 0 Å². The molecule has 2 aromatic rings. The molecule has 4 heteroatoms. The van der Waals surface area contributed by atoms with Crippen LogP contribution >= 0.6 is 0 Å². The SMILES string of the molecule is CCNCc1cccc(NC(=O)c2cc(C)ccc2N2CCCC2)c1. The first-order chi connectivity index (χ1) is 12.2. The Morgan fingerprint density at radius 3 is 2.68 bits per heavy atom. The Morgan fingerprint density at radius 1 is 1.12 bits per heavy atom. The van der Waals surface area contributed by atoms with Gasteiger partial charge in [-0.25, -0.2) is 0 Å². The molecule has 1 saturated heterocycles. The molecule has 1 fully saturated rings. The summed E-state index contributed by atoms with van der Waals surface area (Å²) < 4.78 is 0. The second-order valence-electron chi connectivity index (χ2n) is 6.65. The number of nitrogens with zero attached hydrogens (tertiary/aromatic N) is 1. The number of aryl methyl sites for hydroxylation is 1. The Hall–Kier alpha value is -2.33. The Bertz CT molecular complexity index is 736. The van der Waals surface area contributed by atoms with Crippen LogP contribution in [0.1, 0.15) is 41.3 Å². The van der Waals surface area contributed by atoms with E-state index in [9.17, 15) is 4.79 Å². The van der Waals surface area contributed by atoms with Gasteiger partial charge in [-0.15, -0.1) is 0 Å². The number of hydrogen-bond acceptors (Lipinski definition) is 3. The predicted molar refractivity (Wildman–Crippen MR) is 104 cm³/mol. The highest BCUT2D eigenvalue weighted by Crippen LogP contribution is 2.26. The summed E-state index contributed by atoms with van der Waals surface area (Å²) in [4.78, 5) is 15.2. The number of amides is 1. The van der Waals surface area contributed by atoms with Crippen LogP contribution in [0.3, 0.4) is 0 Å². The molecular formula is C21H27N3O. The summed E-state index contributed by atoms with van der Waals surface area (Å²) in [5.74, 6) is -0.0359. The first kappa shape index (κ1) is 17.5. The van der Waals surface area contributed by atoms with Gasteiger partial charge in [0, 0.05) is 31.0 Å². The zero-order chi connectivity index (χ0) is 17.6. The molecule has 1 amide bonds. The van der Waals surface area contributed by atoms with E-state index < -0.39 is 0 Å². The van der Waals surface area contributed by atoms with Gasteiger partial charge in [0.25, 0.3) is 5.91 Å². The van der Waals surface area contributed by atoms with Crippen LogP contribution in [0.4, 0.5) is 11.4 Å². The van der Waals surface area contributed by atoms with E-state index in [1.165, 1.54) is 18.4 Å². The van der Waals surface area contributed by atoms with E-state index in [2.05, 4.69) is 40.7 Å². The van der Waals surface area contributed by atoms with Crippen LogP contribution in [-0.4, -0.2) is 25.5 Å². The number of hydrogen-bond donors (Lipinski definition) is 2. The fraction of sp³-hybridized carbons (Fsp3) is 0.381. The van der Waals surface area contributed by atoms with Crippen molar-refractivity contribution in [3.8, 4) is 0 Å². The maximum atomic E-state index is 12.9. The van der Waals surface area contributed by atoms with Crippen molar-refractivity contribution >= 4 is 17.3 Å². The molecule has 1 aliphatic heterocycles. The van der Waals surface area contributed by atoms with E-state index in [1.807, 2.05) is 31.2 Å². The first-order valence-electron chi connectivity index (χ1n) is 9.14. The zero-order valence-electron chi connectivity index (χ0n) is 15.1. The Balaban J connectivity index is 1.80. The Kier molecular flexibility index (Phi) is 5.71. The average molecular weight is 337 g/mol. The van der Waals surface area contributed by atoms with Crippen molar-refractivity contribution in [1.82, 2.24) is 5.32 Å². The van der Waals surface area contributed by atoms with Gasteiger partial charge in [-0.1, -0.05) is 30.7 Å². The molecule has 0 atom stereocenters. The summed E-state index contributed by atoms with van der Waals surface area (Å²) in [6.45, 7) is 7.91. The van der Waals surface area contributed by atoms with Crippen molar-refractivity contribution in [3.63, 3.8) is 0 Å². The summed E-state index contributed by atoms with van der Waals surface area (Å²) in [6, 6.07) is 14.2. The normalized spacial score (nSPS) is 13.9. The van der Waals surface area contributed by atoms with Gasteiger partial charge < -0.3 is 15.5 Å². The molecular weight excluding hydrogens is 310 g/mol. The van der Waals surface area contributed by atoms with E-state index >= 15 is 0 Å². The monoisotopic (exact) mass is 337 g/mol. The fourth-order valence-corrected chi connectivity index (χ4v) is 3.29. The molecule has 132 valence electrons. The van der Waals surface area contributed by atoms with Crippen LogP contribution in [0.25, 0.3) is 0 Å². The largest absolute Gasteiger partial charge is 0.371 e. The highest BCUT2D eigenvalue weighted by Gasteiger charge is 2.19. The minimum atomic E-state index is -0.0359. The smallest absolute Gasteiger partial charge is 0.257 e. The van der Waals surface area contributed by atoms with Crippen molar-refractivity contribution in [1.29, 1.82) is 0 Å². The predicted octanol–water partition coefficient (Wildman–Crippen LogP) is 3.96. The lowest BCUT2D eigenvalue weighted by Gasteiger charge is -2.21. The number of benzene rings is 2. The summed E-state index contributed by atoms with van der Waals surface area (Å²) in [5.41, 5.74) is 4.93. The molecule has 25 heavy (non-hydrogen) atoms. The van der Waals surface area contributed by atoms with Crippen molar-refractivity contribution in [2.24, 2.45) is 0 Å². The van der Waals surface area contributed by atoms with Crippen molar-refractivity contribution in [3.05, 3.63) is 59.2 Å². The third-order valence-electron chi connectivity index (χ3n) is 4.61. The van der Waals surface area contributed by atoms with E-state index in [-0.39, 0.29) is 5.91 Å². The van der Waals surface area contributed by atoms with Crippen molar-refractivity contribution in [2.75, 3.05) is 29.9 Å². The highest BCUT2D eigenvalue weighted by atomic mass is 16.1. The summed E-state index contributed by atoms with van der Waals surface area (Å²) >= 11 is 0. The van der Waals surface area contributed by atoms with Gasteiger partial charge in [-0.2, -0.15) is 0 Å². The number of carbonyl (C=O) groups excluding carboxylic acids is 1. The molecule has 0 spiro atoms. The molecule has 0 aliphatic carbocycles. The minimum Gasteiger partial charge on any atom is -0.371 e. The van der Waals surface area contributed by atoms with Crippen LogP contribution < -0.4 is 15.5 Å². The van der Waals surface area contributed by atoms with Gasteiger partial charge in [0.2, 0.25) is 0 Å². The Labute approximate surface area is 150 Å². The molecule has 0 radical (unpaired) electrons. The second-order valence-corrected chi connectivity index (χ2v) is 6.65.